The molecule has 0 spiro atoms. The van der Waals surface area contributed by atoms with Crippen LogP contribution in [-0.4, -0.2) is 37.6 Å². The summed E-state index contributed by atoms with van der Waals surface area (Å²) in [5.74, 6) is 0.0646. The molecule has 1 aliphatic heterocycles. The molecule has 0 atom stereocenters. The molecule has 0 fully saturated rings. The van der Waals surface area contributed by atoms with Gasteiger partial charge in [0.05, 0.1) is 24.2 Å². The summed E-state index contributed by atoms with van der Waals surface area (Å²) in [6.45, 7) is 5.89. The van der Waals surface area contributed by atoms with Crippen LogP contribution in [-0.2, 0) is 19.5 Å². The summed E-state index contributed by atoms with van der Waals surface area (Å²) in [4.78, 5) is 19.0. The highest BCUT2D eigenvalue weighted by atomic mass is 16.3. The van der Waals surface area contributed by atoms with Gasteiger partial charge >= 0.3 is 0 Å². The molecular formula is C19H25N3O2. The maximum Gasteiger partial charge on any atom is 0.254 e. The lowest BCUT2D eigenvalue weighted by atomic mass is 9.97. The lowest BCUT2D eigenvalue weighted by Gasteiger charge is -2.21. The molecule has 0 bridgehead atoms. The Hall–Kier alpha value is -2.14. The molecule has 5 heteroatoms. The number of amides is 1. The van der Waals surface area contributed by atoms with E-state index in [9.17, 15) is 9.90 Å². The Labute approximate surface area is 142 Å². The van der Waals surface area contributed by atoms with E-state index in [0.717, 1.165) is 42.8 Å². The van der Waals surface area contributed by atoms with E-state index >= 15 is 0 Å². The number of benzene rings is 1. The number of carbonyl (C=O) groups is 1. The van der Waals surface area contributed by atoms with E-state index in [0.29, 0.717) is 13.0 Å². The maximum absolute atomic E-state index is 12.9. The average molecular weight is 327 g/mol. The number of aryl methyl sites for hydroxylation is 2. The van der Waals surface area contributed by atoms with Gasteiger partial charge in [-0.2, -0.15) is 0 Å². The third-order valence-corrected chi connectivity index (χ3v) is 4.47. The van der Waals surface area contributed by atoms with E-state index in [-0.39, 0.29) is 5.91 Å². The van der Waals surface area contributed by atoms with Crippen molar-refractivity contribution >= 4 is 5.91 Å². The highest BCUT2D eigenvalue weighted by molar-refractivity contribution is 5.94. The molecule has 1 amide bonds. The summed E-state index contributed by atoms with van der Waals surface area (Å²) in [5.41, 5.74) is 2.20. The lowest BCUT2D eigenvalue weighted by molar-refractivity contribution is 0.0714. The smallest absolute Gasteiger partial charge is 0.254 e. The second-order valence-corrected chi connectivity index (χ2v) is 7.17. The molecule has 3 rings (SSSR count). The van der Waals surface area contributed by atoms with Gasteiger partial charge in [0.1, 0.15) is 0 Å². The van der Waals surface area contributed by atoms with Crippen molar-refractivity contribution in [1.29, 1.82) is 0 Å². The van der Waals surface area contributed by atoms with Gasteiger partial charge in [-0.05, 0) is 50.8 Å². The van der Waals surface area contributed by atoms with Gasteiger partial charge in [-0.3, -0.25) is 4.79 Å². The predicted octanol–water partition coefficient (Wildman–Crippen LogP) is 2.63. The fraction of sp³-hybridized carbons (Fsp3) is 0.474. The fourth-order valence-corrected chi connectivity index (χ4v) is 3.05. The number of imidazole rings is 1. The maximum atomic E-state index is 12.9. The number of aromatic nitrogens is 2. The molecule has 0 aliphatic carbocycles. The first kappa shape index (κ1) is 16.7. The number of hydrogen-bond acceptors (Lipinski definition) is 3. The van der Waals surface area contributed by atoms with Crippen molar-refractivity contribution in [3.63, 3.8) is 0 Å². The largest absolute Gasteiger partial charge is 0.390 e. The molecule has 128 valence electrons. The van der Waals surface area contributed by atoms with Crippen LogP contribution >= 0.6 is 0 Å². The second kappa shape index (κ2) is 6.77. The van der Waals surface area contributed by atoms with Crippen molar-refractivity contribution in [2.45, 2.75) is 51.8 Å². The predicted molar refractivity (Wildman–Crippen MR) is 92.6 cm³/mol. The molecule has 1 aromatic heterocycles. The molecule has 0 saturated carbocycles. The van der Waals surface area contributed by atoms with Crippen LogP contribution in [0.3, 0.4) is 0 Å². The van der Waals surface area contributed by atoms with Crippen LogP contribution in [0.5, 0.6) is 0 Å². The minimum Gasteiger partial charge on any atom is -0.390 e. The molecule has 5 nitrogen and oxygen atoms in total. The molecular weight excluding hydrogens is 302 g/mol. The van der Waals surface area contributed by atoms with Gasteiger partial charge in [-0.25, -0.2) is 4.98 Å². The van der Waals surface area contributed by atoms with Crippen LogP contribution in [0.15, 0.2) is 36.8 Å². The number of nitrogens with zero attached hydrogens (tertiary/aromatic N) is 3. The second-order valence-electron chi connectivity index (χ2n) is 7.17. The van der Waals surface area contributed by atoms with Gasteiger partial charge < -0.3 is 14.6 Å². The summed E-state index contributed by atoms with van der Waals surface area (Å²) >= 11 is 0. The Kier molecular flexibility index (Phi) is 4.71. The van der Waals surface area contributed by atoms with Gasteiger partial charge in [0.25, 0.3) is 5.91 Å². The quantitative estimate of drug-likeness (QED) is 0.939. The van der Waals surface area contributed by atoms with E-state index in [1.165, 1.54) is 0 Å². The molecule has 2 aromatic rings. The van der Waals surface area contributed by atoms with Crippen LogP contribution in [0.25, 0.3) is 0 Å². The van der Waals surface area contributed by atoms with E-state index in [2.05, 4.69) is 9.55 Å². The standard InChI is InChI=1S/C19H25N3O2/c1-19(2,24)8-7-15-5-3-6-16(11-15)18(23)21-9-4-10-22-14-20-12-17(22)13-21/h3,5-6,11-12,14,24H,4,7-10,13H2,1-2H3. The average Bonchev–Trinajstić information content (AvgIpc) is 2.89. The first-order valence-corrected chi connectivity index (χ1v) is 8.52. The third kappa shape index (κ3) is 4.03. The molecule has 1 N–H and O–H groups in total. The number of fused-ring (bicyclic) bond motifs is 1. The fourth-order valence-electron chi connectivity index (χ4n) is 3.05. The van der Waals surface area contributed by atoms with Crippen molar-refractivity contribution in [2.75, 3.05) is 6.54 Å². The van der Waals surface area contributed by atoms with Crippen molar-refractivity contribution < 1.29 is 9.90 Å². The minimum absolute atomic E-state index is 0.0646. The van der Waals surface area contributed by atoms with Crippen molar-refractivity contribution in [1.82, 2.24) is 14.5 Å². The van der Waals surface area contributed by atoms with Crippen LogP contribution in [0.1, 0.15) is 48.3 Å². The first-order chi connectivity index (χ1) is 11.4. The summed E-state index contributed by atoms with van der Waals surface area (Å²) < 4.78 is 2.12. The molecule has 0 saturated heterocycles. The van der Waals surface area contributed by atoms with Crippen LogP contribution in [0, 0.1) is 0 Å². The van der Waals surface area contributed by atoms with Crippen LogP contribution < -0.4 is 0 Å². The van der Waals surface area contributed by atoms with E-state index in [4.69, 9.17) is 0 Å². The highest BCUT2D eigenvalue weighted by Gasteiger charge is 2.21. The molecule has 1 aromatic carbocycles. The van der Waals surface area contributed by atoms with Crippen LogP contribution in [0.4, 0.5) is 0 Å². The lowest BCUT2D eigenvalue weighted by Crippen LogP contribution is -2.30. The highest BCUT2D eigenvalue weighted by Crippen LogP contribution is 2.18. The summed E-state index contributed by atoms with van der Waals surface area (Å²) in [6.07, 6.45) is 6.05. The Bertz CT molecular complexity index is 715. The SMILES string of the molecule is CC(C)(O)CCc1cccc(C(=O)N2CCCn3cncc3C2)c1. The number of hydrogen-bond donors (Lipinski definition) is 1. The van der Waals surface area contributed by atoms with Crippen molar-refractivity contribution in [3.8, 4) is 0 Å². The Morgan fingerprint density at radius 1 is 1.33 bits per heavy atom. The molecule has 0 radical (unpaired) electrons. The zero-order chi connectivity index (χ0) is 17.2. The number of carbonyl (C=O) groups excluding carboxylic acids is 1. The Morgan fingerprint density at radius 3 is 2.96 bits per heavy atom. The zero-order valence-electron chi connectivity index (χ0n) is 14.4. The van der Waals surface area contributed by atoms with Gasteiger partial charge in [0.2, 0.25) is 0 Å². The summed E-state index contributed by atoms with van der Waals surface area (Å²) in [6, 6.07) is 7.77. The zero-order valence-corrected chi connectivity index (χ0v) is 14.4. The van der Waals surface area contributed by atoms with E-state index in [1.807, 2.05) is 55.5 Å². The number of aliphatic hydroxyl groups is 1. The molecule has 1 aliphatic rings. The molecule has 0 unspecified atom stereocenters. The Morgan fingerprint density at radius 2 is 2.17 bits per heavy atom. The van der Waals surface area contributed by atoms with E-state index in [1.54, 1.807) is 0 Å². The first-order valence-electron chi connectivity index (χ1n) is 8.52. The van der Waals surface area contributed by atoms with Gasteiger partial charge in [-0.15, -0.1) is 0 Å². The third-order valence-electron chi connectivity index (χ3n) is 4.47. The number of rotatable bonds is 4. The Balaban J connectivity index is 1.73. The van der Waals surface area contributed by atoms with Crippen molar-refractivity contribution in [2.24, 2.45) is 0 Å². The monoisotopic (exact) mass is 327 g/mol. The normalized spacial score (nSPS) is 15.0. The minimum atomic E-state index is -0.691. The molecule has 24 heavy (non-hydrogen) atoms. The van der Waals surface area contributed by atoms with Gasteiger partial charge in [0, 0.05) is 24.8 Å². The summed E-state index contributed by atoms with van der Waals surface area (Å²) in [7, 11) is 0. The van der Waals surface area contributed by atoms with Crippen LogP contribution in [0.2, 0.25) is 0 Å². The summed E-state index contributed by atoms with van der Waals surface area (Å²) in [5, 5.41) is 9.88. The molecule has 2 heterocycles. The van der Waals surface area contributed by atoms with E-state index < -0.39 is 5.60 Å². The van der Waals surface area contributed by atoms with Gasteiger partial charge in [0.15, 0.2) is 0 Å². The van der Waals surface area contributed by atoms with Crippen molar-refractivity contribution in [3.05, 3.63) is 53.6 Å². The van der Waals surface area contributed by atoms with Gasteiger partial charge in [-0.1, -0.05) is 12.1 Å². The topological polar surface area (TPSA) is 58.4 Å².